The molecule has 0 aliphatic rings. The van der Waals surface area contributed by atoms with Crippen molar-refractivity contribution in [3.63, 3.8) is 0 Å². The summed E-state index contributed by atoms with van der Waals surface area (Å²) in [4.78, 5) is 0. The summed E-state index contributed by atoms with van der Waals surface area (Å²) >= 11 is 0. The molecule has 3 heteroatoms. The topological polar surface area (TPSA) is 32.3 Å². The van der Waals surface area contributed by atoms with Crippen molar-refractivity contribution in [1.82, 2.24) is 5.32 Å². The number of hydrogen-bond acceptors (Lipinski definition) is 2. The van der Waals surface area contributed by atoms with Crippen LogP contribution >= 0.6 is 0 Å². The molecule has 0 fully saturated rings. The first-order chi connectivity index (χ1) is 6.33. The quantitative estimate of drug-likeness (QED) is 0.716. The molecule has 0 unspecified atom stereocenters. The van der Waals surface area contributed by atoms with E-state index < -0.39 is 12.8 Å². The fraction of sp³-hybridized carbons (Fsp3) is 0.400. The molecule has 72 valence electrons. The van der Waals surface area contributed by atoms with Gasteiger partial charge in [-0.15, -0.1) is 0 Å². The van der Waals surface area contributed by atoms with Gasteiger partial charge in [-0.1, -0.05) is 30.3 Å². The lowest BCUT2D eigenvalue weighted by Gasteiger charge is -2.06. The van der Waals surface area contributed by atoms with Crippen molar-refractivity contribution in [2.45, 2.75) is 12.7 Å². The Morgan fingerprint density at radius 2 is 2.00 bits per heavy atom. The van der Waals surface area contributed by atoms with E-state index in [1.54, 1.807) is 0 Å². The molecule has 2 N–H and O–H groups in total. The Morgan fingerprint density at radius 3 is 2.62 bits per heavy atom. The molecule has 0 aromatic heterocycles. The van der Waals surface area contributed by atoms with Gasteiger partial charge in [-0.2, -0.15) is 0 Å². The molecule has 0 spiro atoms. The van der Waals surface area contributed by atoms with Crippen molar-refractivity contribution in [1.29, 1.82) is 0 Å². The van der Waals surface area contributed by atoms with Crippen LogP contribution in [0.1, 0.15) is 5.56 Å². The summed E-state index contributed by atoms with van der Waals surface area (Å²) in [5, 5.41) is 11.3. The van der Waals surface area contributed by atoms with Crippen LogP contribution < -0.4 is 5.32 Å². The van der Waals surface area contributed by atoms with Crippen LogP contribution in [-0.4, -0.2) is 24.4 Å². The van der Waals surface area contributed by atoms with Gasteiger partial charge in [0.25, 0.3) is 0 Å². The van der Waals surface area contributed by atoms with Crippen LogP contribution in [0.15, 0.2) is 30.3 Å². The Kier molecular flexibility index (Phi) is 4.43. The Hall–Kier alpha value is -0.930. The maximum atomic E-state index is 12.5. The number of aliphatic hydroxyl groups excluding tert-OH is 1. The maximum Gasteiger partial charge on any atom is 0.135 e. The number of nitrogens with one attached hydrogen (secondary N) is 1. The number of rotatable bonds is 5. The van der Waals surface area contributed by atoms with Gasteiger partial charge in [-0.3, -0.25) is 0 Å². The zero-order valence-corrected chi connectivity index (χ0v) is 7.41. The highest BCUT2D eigenvalue weighted by Crippen LogP contribution is 1.97. The molecule has 0 heterocycles. The fourth-order valence-corrected chi connectivity index (χ4v) is 1.03. The number of aliphatic hydroxyl groups is 1. The molecule has 1 aromatic carbocycles. The summed E-state index contributed by atoms with van der Waals surface area (Å²) in [6, 6.07) is 9.76. The third kappa shape index (κ3) is 4.01. The van der Waals surface area contributed by atoms with E-state index in [1.807, 2.05) is 30.3 Å². The first-order valence-electron chi connectivity index (χ1n) is 4.32. The van der Waals surface area contributed by atoms with E-state index >= 15 is 0 Å². The Labute approximate surface area is 77.4 Å². The van der Waals surface area contributed by atoms with E-state index in [2.05, 4.69) is 5.32 Å². The molecule has 13 heavy (non-hydrogen) atoms. The minimum Gasteiger partial charge on any atom is -0.393 e. The average molecular weight is 183 g/mol. The van der Waals surface area contributed by atoms with Gasteiger partial charge in [0.15, 0.2) is 0 Å². The van der Waals surface area contributed by atoms with Gasteiger partial charge in [0.05, 0.1) is 6.61 Å². The van der Waals surface area contributed by atoms with Gasteiger partial charge in [0.1, 0.15) is 6.17 Å². The van der Waals surface area contributed by atoms with E-state index in [0.717, 1.165) is 5.56 Å². The molecule has 0 aliphatic heterocycles. The van der Waals surface area contributed by atoms with Crippen molar-refractivity contribution >= 4 is 0 Å². The third-order valence-electron chi connectivity index (χ3n) is 1.74. The standard InChI is InChI=1S/C10H14FNO/c11-10(8-13)7-12-6-9-4-2-1-3-5-9/h1-5,10,12-13H,6-8H2/t10-/m0/s1. The second kappa shape index (κ2) is 5.67. The summed E-state index contributed by atoms with van der Waals surface area (Å²) in [6.45, 7) is 0.425. The number of alkyl halides is 1. The van der Waals surface area contributed by atoms with Gasteiger partial charge in [-0.25, -0.2) is 4.39 Å². The second-order valence-corrected chi connectivity index (χ2v) is 2.90. The molecule has 0 radical (unpaired) electrons. The molecular weight excluding hydrogens is 169 g/mol. The van der Waals surface area contributed by atoms with Crippen LogP contribution in [0.25, 0.3) is 0 Å². The summed E-state index contributed by atoms with van der Waals surface area (Å²) < 4.78 is 12.5. The predicted molar refractivity (Wildman–Crippen MR) is 50.1 cm³/mol. The van der Waals surface area contributed by atoms with Crippen molar-refractivity contribution in [2.75, 3.05) is 13.2 Å². The SMILES string of the molecule is OC[C@@H](F)CNCc1ccccc1. The van der Waals surface area contributed by atoms with E-state index in [0.29, 0.717) is 6.54 Å². The maximum absolute atomic E-state index is 12.5. The minimum absolute atomic E-state index is 0.200. The molecule has 0 bridgehead atoms. The summed E-state index contributed by atoms with van der Waals surface area (Å²) in [5.41, 5.74) is 1.12. The van der Waals surface area contributed by atoms with Crippen molar-refractivity contribution in [3.8, 4) is 0 Å². The van der Waals surface area contributed by atoms with Crippen LogP contribution in [0.4, 0.5) is 4.39 Å². The highest BCUT2D eigenvalue weighted by molar-refractivity contribution is 5.14. The van der Waals surface area contributed by atoms with Gasteiger partial charge >= 0.3 is 0 Å². The molecule has 0 saturated heterocycles. The molecule has 1 atom stereocenters. The highest BCUT2D eigenvalue weighted by Gasteiger charge is 2.02. The van der Waals surface area contributed by atoms with Crippen molar-refractivity contribution < 1.29 is 9.50 Å². The molecule has 0 aliphatic carbocycles. The van der Waals surface area contributed by atoms with Crippen molar-refractivity contribution in [2.24, 2.45) is 0 Å². The highest BCUT2D eigenvalue weighted by atomic mass is 19.1. The monoisotopic (exact) mass is 183 g/mol. The summed E-state index contributed by atoms with van der Waals surface area (Å²) in [7, 11) is 0. The van der Waals surface area contributed by atoms with Crippen LogP contribution in [-0.2, 0) is 6.54 Å². The minimum atomic E-state index is -1.16. The fourth-order valence-electron chi connectivity index (χ4n) is 1.03. The Morgan fingerprint density at radius 1 is 1.31 bits per heavy atom. The van der Waals surface area contributed by atoms with E-state index in [1.165, 1.54) is 0 Å². The zero-order valence-electron chi connectivity index (χ0n) is 7.41. The van der Waals surface area contributed by atoms with E-state index in [-0.39, 0.29) is 6.54 Å². The van der Waals surface area contributed by atoms with Gasteiger partial charge in [0.2, 0.25) is 0 Å². The normalized spacial score (nSPS) is 12.8. The number of benzene rings is 1. The lowest BCUT2D eigenvalue weighted by atomic mass is 10.2. The first kappa shape index (κ1) is 10.2. The number of hydrogen-bond donors (Lipinski definition) is 2. The van der Waals surface area contributed by atoms with Crippen LogP contribution in [0.2, 0.25) is 0 Å². The second-order valence-electron chi connectivity index (χ2n) is 2.90. The lowest BCUT2D eigenvalue weighted by molar-refractivity contribution is 0.175. The molecule has 0 saturated carbocycles. The van der Waals surface area contributed by atoms with Crippen LogP contribution in [0.5, 0.6) is 0 Å². The molecule has 1 aromatic rings. The van der Waals surface area contributed by atoms with E-state index in [4.69, 9.17) is 5.11 Å². The summed E-state index contributed by atoms with van der Waals surface area (Å²) in [6.07, 6.45) is -1.16. The van der Waals surface area contributed by atoms with Crippen LogP contribution in [0, 0.1) is 0 Å². The molecule has 1 rings (SSSR count). The zero-order chi connectivity index (χ0) is 9.52. The largest absolute Gasteiger partial charge is 0.393 e. The molecule has 2 nitrogen and oxygen atoms in total. The summed E-state index contributed by atoms with van der Waals surface area (Å²) in [5.74, 6) is 0. The lowest BCUT2D eigenvalue weighted by Crippen LogP contribution is -2.25. The Balaban J connectivity index is 2.20. The third-order valence-corrected chi connectivity index (χ3v) is 1.74. The van der Waals surface area contributed by atoms with Crippen molar-refractivity contribution in [3.05, 3.63) is 35.9 Å². The van der Waals surface area contributed by atoms with Crippen LogP contribution in [0.3, 0.4) is 0 Å². The van der Waals surface area contributed by atoms with Gasteiger partial charge in [0, 0.05) is 13.1 Å². The van der Waals surface area contributed by atoms with Gasteiger partial charge in [-0.05, 0) is 5.56 Å². The van der Waals surface area contributed by atoms with Gasteiger partial charge < -0.3 is 10.4 Å². The average Bonchev–Trinajstić information content (AvgIpc) is 2.19. The predicted octanol–water partition coefficient (Wildman–Crippen LogP) is 1.11. The molecular formula is C10H14FNO. The number of halogens is 1. The first-order valence-corrected chi connectivity index (χ1v) is 4.32. The van der Waals surface area contributed by atoms with E-state index in [9.17, 15) is 4.39 Å². The smallest absolute Gasteiger partial charge is 0.135 e. The Bertz CT molecular complexity index is 228. The molecule has 0 amide bonds.